The third-order valence-electron chi connectivity index (χ3n) is 3.54. The first kappa shape index (κ1) is 15.2. The molecule has 0 saturated carbocycles. The van der Waals surface area contributed by atoms with Crippen LogP contribution in [0.1, 0.15) is 16.1 Å². The van der Waals surface area contributed by atoms with Crippen molar-refractivity contribution >= 4 is 40.9 Å². The summed E-state index contributed by atoms with van der Waals surface area (Å²) in [6.45, 7) is 4.48. The number of amides is 1. The van der Waals surface area contributed by atoms with Crippen molar-refractivity contribution < 1.29 is 9.21 Å². The monoisotopic (exact) mass is 314 g/mol. The Bertz CT molecular complexity index is 635. The minimum absolute atomic E-state index is 0. The van der Waals surface area contributed by atoms with Crippen LogP contribution in [-0.2, 0) is 0 Å². The van der Waals surface area contributed by atoms with Crippen molar-refractivity contribution in [2.24, 2.45) is 5.92 Å². The normalized spacial score (nSPS) is 14.7. The fourth-order valence-electron chi connectivity index (χ4n) is 2.24. The molecule has 2 N–H and O–H groups in total. The maximum absolute atomic E-state index is 12.1. The van der Waals surface area contributed by atoms with Crippen LogP contribution in [0.15, 0.2) is 22.6 Å². The number of aryl methyl sites for hydroxylation is 1. The van der Waals surface area contributed by atoms with Gasteiger partial charge in [0.25, 0.3) is 5.91 Å². The molecule has 0 spiro atoms. The molecule has 0 unspecified atom stereocenters. The predicted molar refractivity (Wildman–Crippen MR) is 81.9 cm³/mol. The molecule has 1 aliphatic heterocycles. The van der Waals surface area contributed by atoms with E-state index in [1.54, 1.807) is 6.07 Å². The average Bonchev–Trinajstić information content (AvgIpc) is 2.67. The second-order valence-electron chi connectivity index (χ2n) is 4.91. The van der Waals surface area contributed by atoms with Gasteiger partial charge in [0.15, 0.2) is 11.3 Å². The van der Waals surface area contributed by atoms with Gasteiger partial charge in [0.2, 0.25) is 0 Å². The quantitative estimate of drug-likeness (QED) is 0.916. The van der Waals surface area contributed by atoms with E-state index in [2.05, 4.69) is 10.6 Å². The molecule has 6 heteroatoms. The molecule has 1 aromatic carbocycles. The first-order valence-electron chi connectivity index (χ1n) is 6.33. The lowest BCUT2D eigenvalue weighted by Crippen LogP contribution is -2.48. The Labute approximate surface area is 128 Å². The van der Waals surface area contributed by atoms with Gasteiger partial charge in [-0.2, -0.15) is 0 Å². The summed E-state index contributed by atoms with van der Waals surface area (Å²) in [4.78, 5) is 12.1. The smallest absolute Gasteiger partial charge is 0.287 e. The number of furan rings is 1. The minimum Gasteiger partial charge on any atom is -0.449 e. The summed E-state index contributed by atoms with van der Waals surface area (Å²) in [6, 6.07) is 5.52. The van der Waals surface area contributed by atoms with Gasteiger partial charge < -0.3 is 15.1 Å². The molecule has 3 rings (SSSR count). The predicted octanol–water partition coefficient (Wildman–Crippen LogP) is 2.77. The third-order valence-corrected chi connectivity index (χ3v) is 3.84. The first-order valence-corrected chi connectivity index (χ1v) is 6.71. The van der Waals surface area contributed by atoms with Crippen LogP contribution >= 0.6 is 24.0 Å². The van der Waals surface area contributed by atoms with Gasteiger partial charge in [-0.3, -0.25) is 4.79 Å². The molecule has 108 valence electrons. The molecule has 1 aliphatic rings. The van der Waals surface area contributed by atoms with Gasteiger partial charge >= 0.3 is 0 Å². The summed E-state index contributed by atoms with van der Waals surface area (Å²) in [5.41, 5.74) is 1.42. The highest BCUT2D eigenvalue weighted by molar-refractivity contribution is 6.35. The Hall–Kier alpha value is -1.23. The van der Waals surface area contributed by atoms with Crippen LogP contribution in [0.4, 0.5) is 0 Å². The number of fused-ring (bicyclic) bond motifs is 1. The Kier molecular flexibility index (Phi) is 4.58. The number of para-hydroxylation sites is 1. The number of benzene rings is 1. The molecule has 20 heavy (non-hydrogen) atoms. The summed E-state index contributed by atoms with van der Waals surface area (Å²) in [5, 5.41) is 7.50. The van der Waals surface area contributed by atoms with Crippen molar-refractivity contribution in [3.8, 4) is 0 Å². The molecule has 2 aromatic rings. The standard InChI is InChI=1S/C14H15ClN2O2.ClH/c1-8-10-3-2-4-11(15)13(10)19-12(8)14(18)17-7-9-5-16-6-9;/h2-4,9,16H,5-7H2,1H3,(H,17,18);1H. The Balaban J connectivity index is 0.00000147. The van der Waals surface area contributed by atoms with Crippen molar-refractivity contribution in [2.75, 3.05) is 19.6 Å². The molecule has 1 amide bonds. The molecular formula is C14H16Cl2N2O2. The molecule has 4 nitrogen and oxygen atoms in total. The van der Waals surface area contributed by atoms with Crippen molar-refractivity contribution in [2.45, 2.75) is 6.92 Å². The van der Waals surface area contributed by atoms with Gasteiger partial charge in [-0.15, -0.1) is 12.4 Å². The SMILES string of the molecule is Cc1c(C(=O)NCC2CNC2)oc2c(Cl)cccc12.Cl. The van der Waals surface area contributed by atoms with Gasteiger partial charge in [-0.05, 0) is 13.0 Å². The Morgan fingerprint density at radius 1 is 1.50 bits per heavy atom. The molecule has 0 aliphatic carbocycles. The zero-order valence-electron chi connectivity index (χ0n) is 11.0. The van der Waals surface area contributed by atoms with E-state index < -0.39 is 0 Å². The van der Waals surface area contributed by atoms with Crippen LogP contribution in [-0.4, -0.2) is 25.5 Å². The molecule has 0 atom stereocenters. The lowest BCUT2D eigenvalue weighted by molar-refractivity contribution is 0.0915. The molecule has 1 fully saturated rings. The van der Waals surface area contributed by atoms with Gasteiger partial charge in [0.05, 0.1) is 5.02 Å². The summed E-state index contributed by atoms with van der Waals surface area (Å²) in [7, 11) is 0. The Morgan fingerprint density at radius 3 is 2.85 bits per heavy atom. The first-order chi connectivity index (χ1) is 9.16. The van der Waals surface area contributed by atoms with Gasteiger partial charge in [0, 0.05) is 36.5 Å². The molecule has 0 bridgehead atoms. The minimum atomic E-state index is -0.170. The van der Waals surface area contributed by atoms with Crippen LogP contribution < -0.4 is 10.6 Å². The number of carbonyl (C=O) groups is 1. The number of rotatable bonds is 3. The summed E-state index contributed by atoms with van der Waals surface area (Å²) < 4.78 is 5.62. The molecule has 0 radical (unpaired) electrons. The third kappa shape index (κ3) is 2.64. The number of hydrogen-bond acceptors (Lipinski definition) is 3. The van der Waals surface area contributed by atoms with Crippen LogP contribution in [0.3, 0.4) is 0 Å². The van der Waals surface area contributed by atoms with E-state index >= 15 is 0 Å². The van der Waals surface area contributed by atoms with Crippen molar-refractivity contribution in [3.05, 3.63) is 34.5 Å². The van der Waals surface area contributed by atoms with Crippen molar-refractivity contribution in [3.63, 3.8) is 0 Å². The topological polar surface area (TPSA) is 54.3 Å². The summed E-state index contributed by atoms with van der Waals surface area (Å²) in [5.74, 6) is 0.712. The largest absolute Gasteiger partial charge is 0.449 e. The van der Waals surface area contributed by atoms with Crippen LogP contribution in [0.2, 0.25) is 5.02 Å². The van der Waals surface area contributed by atoms with E-state index in [1.807, 2.05) is 19.1 Å². The lowest BCUT2D eigenvalue weighted by Gasteiger charge is -2.26. The van der Waals surface area contributed by atoms with Crippen LogP contribution in [0, 0.1) is 12.8 Å². The maximum Gasteiger partial charge on any atom is 0.287 e. The lowest BCUT2D eigenvalue weighted by atomic mass is 10.0. The van der Waals surface area contributed by atoms with E-state index in [0.717, 1.165) is 24.0 Å². The van der Waals surface area contributed by atoms with E-state index in [0.29, 0.717) is 28.8 Å². The van der Waals surface area contributed by atoms with Crippen LogP contribution in [0.25, 0.3) is 11.0 Å². The zero-order valence-corrected chi connectivity index (χ0v) is 12.6. The van der Waals surface area contributed by atoms with Crippen molar-refractivity contribution in [1.29, 1.82) is 0 Å². The highest BCUT2D eigenvalue weighted by atomic mass is 35.5. The van der Waals surface area contributed by atoms with E-state index in [9.17, 15) is 4.79 Å². The molecule has 2 heterocycles. The second kappa shape index (κ2) is 6.04. The van der Waals surface area contributed by atoms with Gasteiger partial charge in [-0.25, -0.2) is 0 Å². The fraction of sp³-hybridized carbons (Fsp3) is 0.357. The van der Waals surface area contributed by atoms with E-state index in [-0.39, 0.29) is 18.3 Å². The summed E-state index contributed by atoms with van der Waals surface area (Å²) in [6.07, 6.45) is 0. The maximum atomic E-state index is 12.1. The van der Waals surface area contributed by atoms with Crippen molar-refractivity contribution in [1.82, 2.24) is 10.6 Å². The summed E-state index contributed by atoms with van der Waals surface area (Å²) >= 11 is 6.07. The van der Waals surface area contributed by atoms with Gasteiger partial charge in [-0.1, -0.05) is 23.7 Å². The average molecular weight is 315 g/mol. The fourth-order valence-corrected chi connectivity index (χ4v) is 2.45. The number of nitrogens with one attached hydrogen (secondary N) is 2. The molecule has 1 aromatic heterocycles. The van der Waals surface area contributed by atoms with Gasteiger partial charge in [0.1, 0.15) is 0 Å². The van der Waals surface area contributed by atoms with Crippen LogP contribution in [0.5, 0.6) is 0 Å². The molecule has 1 saturated heterocycles. The number of hydrogen-bond donors (Lipinski definition) is 2. The number of halogens is 2. The highest BCUT2D eigenvalue weighted by Crippen LogP contribution is 2.30. The second-order valence-corrected chi connectivity index (χ2v) is 5.31. The number of carbonyl (C=O) groups excluding carboxylic acids is 1. The van der Waals surface area contributed by atoms with E-state index in [1.165, 1.54) is 0 Å². The zero-order chi connectivity index (χ0) is 13.4. The molecular weight excluding hydrogens is 299 g/mol. The Morgan fingerprint density at radius 2 is 2.25 bits per heavy atom. The highest BCUT2D eigenvalue weighted by Gasteiger charge is 2.21. The van der Waals surface area contributed by atoms with E-state index in [4.69, 9.17) is 16.0 Å².